The molecule has 3 unspecified atom stereocenters. The van der Waals surface area contributed by atoms with Crippen molar-refractivity contribution < 1.29 is 14.6 Å². The van der Waals surface area contributed by atoms with Gasteiger partial charge in [0.2, 0.25) is 0 Å². The molecule has 3 atom stereocenters. The minimum absolute atomic E-state index is 0.00114. The van der Waals surface area contributed by atoms with E-state index in [9.17, 15) is 5.11 Å². The molecule has 3 heteroatoms. The van der Waals surface area contributed by atoms with E-state index in [1.54, 1.807) is 0 Å². The molecule has 0 saturated carbocycles. The van der Waals surface area contributed by atoms with Crippen LogP contribution in [0.25, 0.3) is 0 Å². The number of ether oxygens (including phenoxy) is 2. The Morgan fingerprint density at radius 1 is 1.11 bits per heavy atom. The van der Waals surface area contributed by atoms with E-state index >= 15 is 0 Å². The molecule has 2 aliphatic rings. The first kappa shape index (κ1) is 14.3. The molecular formula is C15H28O3. The summed E-state index contributed by atoms with van der Waals surface area (Å²) in [6.07, 6.45) is 3.81. The highest BCUT2D eigenvalue weighted by molar-refractivity contribution is 4.92. The van der Waals surface area contributed by atoms with Crippen LogP contribution in [0.3, 0.4) is 0 Å². The number of rotatable bonds is 3. The van der Waals surface area contributed by atoms with Gasteiger partial charge < -0.3 is 14.6 Å². The molecule has 18 heavy (non-hydrogen) atoms. The lowest BCUT2D eigenvalue weighted by Gasteiger charge is -2.45. The van der Waals surface area contributed by atoms with E-state index in [2.05, 4.69) is 20.8 Å². The molecule has 0 aromatic carbocycles. The van der Waals surface area contributed by atoms with E-state index in [0.717, 1.165) is 45.5 Å². The maximum Gasteiger partial charge on any atom is 0.0730 e. The normalized spacial score (nSPS) is 31.5. The number of hydrogen-bond donors (Lipinski definition) is 1. The second-order valence-corrected chi connectivity index (χ2v) is 6.49. The minimum atomic E-state index is -0.186. The van der Waals surface area contributed by atoms with Gasteiger partial charge in [-0.05, 0) is 43.4 Å². The zero-order chi connectivity index (χ0) is 13.2. The van der Waals surface area contributed by atoms with E-state index < -0.39 is 0 Å². The Morgan fingerprint density at radius 2 is 1.78 bits per heavy atom. The lowest BCUT2D eigenvalue weighted by molar-refractivity contribution is -0.163. The third kappa shape index (κ3) is 3.06. The fourth-order valence-corrected chi connectivity index (χ4v) is 3.27. The highest BCUT2D eigenvalue weighted by Crippen LogP contribution is 2.40. The van der Waals surface area contributed by atoms with Crippen LogP contribution in [0.2, 0.25) is 0 Å². The van der Waals surface area contributed by atoms with Crippen LogP contribution in [-0.4, -0.2) is 36.6 Å². The van der Waals surface area contributed by atoms with Crippen molar-refractivity contribution >= 4 is 0 Å². The van der Waals surface area contributed by atoms with Crippen LogP contribution in [-0.2, 0) is 9.47 Å². The summed E-state index contributed by atoms with van der Waals surface area (Å²) < 4.78 is 11.5. The van der Waals surface area contributed by atoms with Gasteiger partial charge in [-0.1, -0.05) is 20.8 Å². The van der Waals surface area contributed by atoms with Gasteiger partial charge in [0, 0.05) is 19.8 Å². The molecule has 2 rings (SSSR count). The highest BCUT2D eigenvalue weighted by atomic mass is 16.5. The molecule has 0 aromatic heterocycles. The maximum atomic E-state index is 10.5. The second kappa shape index (κ2) is 5.89. The Labute approximate surface area is 111 Å². The van der Waals surface area contributed by atoms with Crippen molar-refractivity contribution in [2.75, 3.05) is 19.8 Å². The topological polar surface area (TPSA) is 38.7 Å². The number of hydrogen-bond acceptors (Lipinski definition) is 3. The number of aliphatic hydroxyl groups is 1. The maximum absolute atomic E-state index is 10.5. The van der Waals surface area contributed by atoms with Gasteiger partial charge in [-0.3, -0.25) is 0 Å². The number of aliphatic hydroxyl groups excluding tert-OH is 1. The predicted octanol–water partition coefficient (Wildman–Crippen LogP) is 2.62. The Bertz CT molecular complexity index is 253. The highest BCUT2D eigenvalue weighted by Gasteiger charge is 2.42. The predicted molar refractivity (Wildman–Crippen MR) is 71.5 cm³/mol. The lowest BCUT2D eigenvalue weighted by atomic mass is 9.74. The first-order valence-corrected chi connectivity index (χ1v) is 7.44. The van der Waals surface area contributed by atoms with E-state index in [-0.39, 0.29) is 11.7 Å². The van der Waals surface area contributed by atoms with Crippen molar-refractivity contribution in [3.05, 3.63) is 0 Å². The minimum Gasteiger partial charge on any atom is -0.393 e. The summed E-state index contributed by atoms with van der Waals surface area (Å²) >= 11 is 0. The second-order valence-electron chi connectivity index (χ2n) is 6.49. The van der Waals surface area contributed by atoms with Crippen molar-refractivity contribution in [2.45, 2.75) is 58.2 Å². The molecule has 2 fully saturated rings. The third-order valence-electron chi connectivity index (χ3n) is 5.01. The van der Waals surface area contributed by atoms with Crippen LogP contribution in [0.1, 0.15) is 46.5 Å². The fourth-order valence-electron chi connectivity index (χ4n) is 3.27. The summed E-state index contributed by atoms with van der Waals surface area (Å²) in [6, 6.07) is 0. The molecule has 0 bridgehead atoms. The summed E-state index contributed by atoms with van der Waals surface area (Å²) in [4.78, 5) is 0. The summed E-state index contributed by atoms with van der Waals surface area (Å²) in [6.45, 7) is 8.97. The van der Waals surface area contributed by atoms with Crippen LogP contribution in [0.15, 0.2) is 0 Å². The Kier molecular flexibility index (Phi) is 4.68. The average molecular weight is 256 g/mol. The molecular weight excluding hydrogens is 228 g/mol. The van der Waals surface area contributed by atoms with Crippen molar-refractivity contribution in [2.24, 2.45) is 17.8 Å². The molecule has 3 nitrogen and oxygen atoms in total. The first-order chi connectivity index (χ1) is 8.54. The van der Waals surface area contributed by atoms with E-state index in [1.165, 1.54) is 0 Å². The van der Waals surface area contributed by atoms with Gasteiger partial charge in [-0.15, -0.1) is 0 Å². The molecule has 0 aliphatic carbocycles. The van der Waals surface area contributed by atoms with Gasteiger partial charge in [-0.25, -0.2) is 0 Å². The zero-order valence-electron chi connectivity index (χ0n) is 12.0. The Hall–Kier alpha value is -0.120. The zero-order valence-corrected chi connectivity index (χ0v) is 12.0. The molecule has 0 amide bonds. The quantitative estimate of drug-likeness (QED) is 0.843. The van der Waals surface area contributed by atoms with Gasteiger partial charge in [-0.2, -0.15) is 0 Å². The smallest absolute Gasteiger partial charge is 0.0730 e. The van der Waals surface area contributed by atoms with E-state index in [4.69, 9.17) is 9.47 Å². The molecule has 2 heterocycles. The molecule has 0 radical (unpaired) electrons. The Balaban J connectivity index is 1.97. The third-order valence-corrected chi connectivity index (χ3v) is 5.01. The monoisotopic (exact) mass is 256 g/mol. The molecule has 106 valence electrons. The van der Waals surface area contributed by atoms with Crippen LogP contribution in [0.5, 0.6) is 0 Å². The molecule has 1 N–H and O–H groups in total. The van der Waals surface area contributed by atoms with Crippen molar-refractivity contribution in [1.82, 2.24) is 0 Å². The largest absolute Gasteiger partial charge is 0.393 e. The summed E-state index contributed by atoms with van der Waals surface area (Å²) in [5.41, 5.74) is -0.00114. The van der Waals surface area contributed by atoms with Crippen molar-refractivity contribution in [3.8, 4) is 0 Å². The first-order valence-electron chi connectivity index (χ1n) is 7.44. The van der Waals surface area contributed by atoms with E-state index in [1.807, 2.05) is 0 Å². The van der Waals surface area contributed by atoms with Crippen molar-refractivity contribution in [3.63, 3.8) is 0 Å². The van der Waals surface area contributed by atoms with Crippen LogP contribution in [0, 0.1) is 17.8 Å². The average Bonchev–Trinajstić information content (AvgIpc) is 2.38. The van der Waals surface area contributed by atoms with Crippen LogP contribution in [0.4, 0.5) is 0 Å². The van der Waals surface area contributed by atoms with E-state index in [0.29, 0.717) is 17.8 Å². The molecule has 2 aliphatic heterocycles. The van der Waals surface area contributed by atoms with Gasteiger partial charge in [0.1, 0.15) is 0 Å². The summed E-state index contributed by atoms with van der Waals surface area (Å²) in [7, 11) is 0. The molecule has 1 spiro atoms. The van der Waals surface area contributed by atoms with Gasteiger partial charge in [0.15, 0.2) is 0 Å². The van der Waals surface area contributed by atoms with Gasteiger partial charge >= 0.3 is 0 Å². The summed E-state index contributed by atoms with van der Waals surface area (Å²) in [5, 5.41) is 10.5. The standard InChI is InChI=1S/C15H28O3/c1-11(2)12(3)14(16)13-4-7-18-15(10-13)5-8-17-9-6-15/h11-14,16H,4-10H2,1-3H3. The summed E-state index contributed by atoms with van der Waals surface area (Å²) in [5.74, 6) is 1.30. The molecule has 2 saturated heterocycles. The SMILES string of the molecule is CC(C)C(C)C(O)C1CCOC2(CCOCC2)C1. The van der Waals surface area contributed by atoms with Crippen LogP contribution < -0.4 is 0 Å². The Morgan fingerprint density at radius 3 is 2.39 bits per heavy atom. The molecule has 0 aromatic rings. The van der Waals surface area contributed by atoms with Crippen molar-refractivity contribution in [1.29, 1.82) is 0 Å². The van der Waals surface area contributed by atoms with Gasteiger partial charge in [0.05, 0.1) is 11.7 Å². The van der Waals surface area contributed by atoms with Gasteiger partial charge in [0.25, 0.3) is 0 Å². The van der Waals surface area contributed by atoms with Crippen LogP contribution >= 0.6 is 0 Å². The lowest BCUT2D eigenvalue weighted by Crippen LogP contribution is -2.48. The fraction of sp³-hybridized carbons (Fsp3) is 1.00.